The van der Waals surface area contributed by atoms with Gasteiger partial charge in [0.1, 0.15) is 0 Å². The lowest BCUT2D eigenvalue weighted by Crippen LogP contribution is -2.44. The number of rotatable bonds is 4. The highest BCUT2D eigenvalue weighted by Crippen LogP contribution is 2.27. The number of nitrogens with one attached hydrogen (secondary N) is 1. The maximum Gasteiger partial charge on any atom is 0.0576 e. The molecule has 1 aliphatic rings. The van der Waals surface area contributed by atoms with Crippen molar-refractivity contribution in [3.05, 3.63) is 29.3 Å². The molecular formula is C16H25NOS. The van der Waals surface area contributed by atoms with Gasteiger partial charge in [0.2, 0.25) is 0 Å². The zero-order valence-electron chi connectivity index (χ0n) is 12.2. The Bertz CT molecular complexity index is 456. The first-order chi connectivity index (χ1) is 9.13. The molecule has 0 aliphatic heterocycles. The van der Waals surface area contributed by atoms with Gasteiger partial charge < -0.3 is 5.32 Å². The molecule has 106 valence electrons. The molecule has 1 saturated carbocycles. The topological polar surface area (TPSA) is 29.1 Å². The van der Waals surface area contributed by atoms with E-state index in [1.54, 1.807) is 0 Å². The van der Waals surface area contributed by atoms with E-state index in [1.165, 1.54) is 24.0 Å². The lowest BCUT2D eigenvalue weighted by atomic mass is 9.95. The van der Waals surface area contributed by atoms with Gasteiger partial charge >= 0.3 is 0 Å². The first kappa shape index (κ1) is 14.7. The molecule has 1 aliphatic carbocycles. The second-order valence-electron chi connectivity index (χ2n) is 5.53. The molecule has 19 heavy (non-hydrogen) atoms. The van der Waals surface area contributed by atoms with Gasteiger partial charge in [-0.3, -0.25) is 4.21 Å². The molecule has 0 heterocycles. The molecule has 1 N–H and O–H groups in total. The quantitative estimate of drug-likeness (QED) is 0.916. The predicted octanol–water partition coefficient (Wildman–Crippen LogP) is 3.33. The van der Waals surface area contributed by atoms with Crippen LogP contribution in [0.1, 0.15) is 43.7 Å². The summed E-state index contributed by atoms with van der Waals surface area (Å²) in [6, 6.07) is 6.65. The monoisotopic (exact) mass is 279 g/mol. The van der Waals surface area contributed by atoms with Crippen LogP contribution in [0.2, 0.25) is 0 Å². The fourth-order valence-corrected chi connectivity index (χ4v) is 4.62. The summed E-state index contributed by atoms with van der Waals surface area (Å²) in [5.74, 6) is 0. The van der Waals surface area contributed by atoms with Gasteiger partial charge in [0.15, 0.2) is 0 Å². The van der Waals surface area contributed by atoms with Crippen molar-refractivity contribution in [1.29, 1.82) is 0 Å². The van der Waals surface area contributed by atoms with Gasteiger partial charge in [-0.25, -0.2) is 0 Å². The van der Waals surface area contributed by atoms with Crippen LogP contribution >= 0.6 is 0 Å². The van der Waals surface area contributed by atoms with Gasteiger partial charge in [-0.15, -0.1) is 0 Å². The molecule has 3 unspecified atom stereocenters. The molecule has 0 aromatic heterocycles. The second-order valence-corrected chi connectivity index (χ2v) is 7.20. The third-order valence-corrected chi connectivity index (χ3v) is 5.99. The van der Waals surface area contributed by atoms with E-state index in [0.29, 0.717) is 6.04 Å². The average Bonchev–Trinajstić information content (AvgIpc) is 2.42. The Morgan fingerprint density at radius 1 is 1.21 bits per heavy atom. The molecule has 0 spiro atoms. The summed E-state index contributed by atoms with van der Waals surface area (Å²) in [7, 11) is -0.882. The highest BCUT2D eigenvalue weighted by Gasteiger charge is 2.30. The third-order valence-electron chi connectivity index (χ3n) is 4.15. The van der Waals surface area contributed by atoms with E-state index in [1.807, 2.05) is 6.07 Å². The molecule has 3 atom stereocenters. The smallest absolute Gasteiger partial charge is 0.0576 e. The molecule has 0 amide bonds. The minimum absolute atomic E-state index is 0.274. The number of benzene rings is 1. The van der Waals surface area contributed by atoms with Crippen molar-refractivity contribution in [2.24, 2.45) is 0 Å². The second kappa shape index (κ2) is 6.67. The summed E-state index contributed by atoms with van der Waals surface area (Å²) in [6.07, 6.45) is 4.72. The van der Waals surface area contributed by atoms with Crippen molar-refractivity contribution < 1.29 is 4.21 Å². The first-order valence-corrected chi connectivity index (χ1v) is 8.56. The zero-order chi connectivity index (χ0) is 13.8. The average molecular weight is 279 g/mol. The molecule has 3 heteroatoms. The molecule has 0 radical (unpaired) electrons. The molecule has 1 fully saturated rings. The molecular weight excluding hydrogens is 254 g/mol. The summed E-state index contributed by atoms with van der Waals surface area (Å²) in [5, 5.41) is 3.79. The summed E-state index contributed by atoms with van der Waals surface area (Å²) >= 11 is 0. The van der Waals surface area contributed by atoms with E-state index < -0.39 is 10.8 Å². The van der Waals surface area contributed by atoms with Gasteiger partial charge in [0.25, 0.3) is 0 Å². The van der Waals surface area contributed by atoms with Gasteiger partial charge in [-0.1, -0.05) is 25.8 Å². The number of hydrogen-bond donors (Lipinski definition) is 1. The van der Waals surface area contributed by atoms with E-state index >= 15 is 0 Å². The number of hydrogen-bond acceptors (Lipinski definition) is 2. The highest BCUT2D eigenvalue weighted by molar-refractivity contribution is 7.85. The summed E-state index contributed by atoms with van der Waals surface area (Å²) in [5.41, 5.74) is 2.51. The Labute approximate surface area is 119 Å². The third kappa shape index (κ3) is 3.46. The van der Waals surface area contributed by atoms with Gasteiger partial charge in [0.05, 0.1) is 16.0 Å². The lowest BCUT2D eigenvalue weighted by Gasteiger charge is -2.31. The molecule has 0 saturated heterocycles. The molecule has 1 aromatic carbocycles. The van der Waals surface area contributed by atoms with Crippen molar-refractivity contribution >= 4 is 10.8 Å². The Hall–Kier alpha value is -0.670. The van der Waals surface area contributed by atoms with Crippen LogP contribution < -0.4 is 5.32 Å². The van der Waals surface area contributed by atoms with Crippen LogP contribution in [-0.2, 0) is 10.8 Å². The normalized spacial score (nSPS) is 25.2. The van der Waals surface area contributed by atoms with Crippen LogP contribution in [0.4, 0.5) is 0 Å². The van der Waals surface area contributed by atoms with Gasteiger partial charge in [-0.2, -0.15) is 0 Å². The maximum atomic E-state index is 12.8. The molecule has 2 rings (SSSR count). The Kier molecular flexibility index (Phi) is 5.17. The number of aryl methyl sites for hydroxylation is 2. The predicted molar refractivity (Wildman–Crippen MR) is 82.0 cm³/mol. The zero-order valence-corrected chi connectivity index (χ0v) is 13.1. The van der Waals surface area contributed by atoms with Gasteiger partial charge in [0, 0.05) is 10.9 Å². The van der Waals surface area contributed by atoms with E-state index in [9.17, 15) is 4.21 Å². The van der Waals surface area contributed by atoms with Crippen LogP contribution in [0.3, 0.4) is 0 Å². The van der Waals surface area contributed by atoms with E-state index in [4.69, 9.17) is 0 Å². The van der Waals surface area contributed by atoms with Crippen molar-refractivity contribution in [3.8, 4) is 0 Å². The van der Waals surface area contributed by atoms with Crippen molar-refractivity contribution in [2.75, 3.05) is 6.54 Å². The standard InChI is InChI=1S/C16H25NOS/c1-4-17-15-7-5-6-8-16(15)19(18)14-10-9-12(2)13(3)11-14/h9-11,15-17H,4-8H2,1-3H3. The van der Waals surface area contributed by atoms with Crippen molar-refractivity contribution in [1.82, 2.24) is 5.32 Å². The Morgan fingerprint density at radius 2 is 1.95 bits per heavy atom. The maximum absolute atomic E-state index is 12.8. The minimum Gasteiger partial charge on any atom is -0.313 e. The highest BCUT2D eigenvalue weighted by atomic mass is 32.2. The van der Waals surface area contributed by atoms with Crippen LogP contribution in [-0.4, -0.2) is 22.0 Å². The summed E-state index contributed by atoms with van der Waals surface area (Å²) in [6.45, 7) is 7.29. The lowest BCUT2D eigenvalue weighted by molar-refractivity contribution is 0.385. The fourth-order valence-electron chi connectivity index (χ4n) is 2.86. The molecule has 1 aromatic rings. The largest absolute Gasteiger partial charge is 0.313 e. The van der Waals surface area contributed by atoms with E-state index in [0.717, 1.165) is 24.3 Å². The van der Waals surface area contributed by atoms with Crippen LogP contribution in [0.5, 0.6) is 0 Å². The summed E-state index contributed by atoms with van der Waals surface area (Å²) in [4.78, 5) is 0.998. The van der Waals surface area contributed by atoms with E-state index in [-0.39, 0.29) is 5.25 Å². The first-order valence-electron chi connectivity index (χ1n) is 7.34. The summed E-state index contributed by atoms with van der Waals surface area (Å²) < 4.78 is 12.8. The van der Waals surface area contributed by atoms with Crippen LogP contribution in [0, 0.1) is 13.8 Å². The molecule has 2 nitrogen and oxygen atoms in total. The van der Waals surface area contributed by atoms with Gasteiger partial charge in [-0.05, 0) is 56.5 Å². The van der Waals surface area contributed by atoms with E-state index in [2.05, 4.69) is 38.2 Å². The SMILES string of the molecule is CCNC1CCCCC1S(=O)c1ccc(C)c(C)c1. The Morgan fingerprint density at radius 3 is 2.63 bits per heavy atom. The van der Waals surface area contributed by atoms with Crippen LogP contribution in [0.25, 0.3) is 0 Å². The Balaban J connectivity index is 2.18. The minimum atomic E-state index is -0.882. The van der Waals surface area contributed by atoms with Crippen LogP contribution in [0.15, 0.2) is 23.1 Å². The van der Waals surface area contributed by atoms with Crippen molar-refractivity contribution in [2.45, 2.75) is 62.6 Å². The fraction of sp³-hybridized carbons (Fsp3) is 0.625. The van der Waals surface area contributed by atoms with Crippen molar-refractivity contribution in [3.63, 3.8) is 0 Å². The molecule has 0 bridgehead atoms.